The molecule has 3 rings (SSSR count). The van der Waals surface area contributed by atoms with Gasteiger partial charge >= 0.3 is 0 Å². The van der Waals surface area contributed by atoms with Crippen LogP contribution >= 0.6 is 11.8 Å². The third-order valence-corrected chi connectivity index (χ3v) is 7.00. The van der Waals surface area contributed by atoms with E-state index in [1.807, 2.05) is 31.2 Å². The summed E-state index contributed by atoms with van der Waals surface area (Å²) < 4.78 is 1.77. The highest BCUT2D eigenvalue weighted by atomic mass is 32.2. The Morgan fingerprint density at radius 1 is 1.21 bits per heavy atom. The zero-order chi connectivity index (χ0) is 20.8. The first kappa shape index (κ1) is 21.9. The van der Waals surface area contributed by atoms with E-state index in [-0.39, 0.29) is 11.5 Å². The number of rotatable bonds is 8. The van der Waals surface area contributed by atoms with E-state index in [0.29, 0.717) is 30.9 Å². The van der Waals surface area contributed by atoms with Crippen LogP contribution in [0.3, 0.4) is 0 Å². The van der Waals surface area contributed by atoms with Crippen molar-refractivity contribution in [2.24, 2.45) is 0 Å². The Kier molecular flexibility index (Phi) is 7.78. The zero-order valence-corrected chi connectivity index (χ0v) is 18.6. The molecular weight excluding hydrogens is 382 g/mol. The molecule has 1 aliphatic rings. The lowest BCUT2D eigenvalue weighted by atomic mass is 9.97. The van der Waals surface area contributed by atoms with Gasteiger partial charge in [-0.15, -0.1) is 11.8 Å². The maximum atomic E-state index is 12.4. The van der Waals surface area contributed by atoms with Crippen LogP contribution in [0.4, 0.5) is 0 Å². The molecule has 2 unspecified atom stereocenters. The number of hydrogen-bond donors (Lipinski definition) is 1. The lowest BCUT2D eigenvalue weighted by Gasteiger charge is -2.39. The number of carbonyl (C=O) groups excluding carboxylic acids is 1. The van der Waals surface area contributed by atoms with Gasteiger partial charge in [-0.1, -0.05) is 24.6 Å². The number of amides is 1. The second-order valence-electron chi connectivity index (χ2n) is 7.97. The van der Waals surface area contributed by atoms with Gasteiger partial charge < -0.3 is 9.88 Å². The Bertz CT molecular complexity index is 885. The van der Waals surface area contributed by atoms with Gasteiger partial charge in [0.05, 0.1) is 11.3 Å². The Labute approximate surface area is 177 Å². The molecule has 158 valence electrons. The Morgan fingerprint density at radius 2 is 1.93 bits per heavy atom. The van der Waals surface area contributed by atoms with Crippen molar-refractivity contribution in [1.82, 2.24) is 14.8 Å². The van der Waals surface area contributed by atoms with E-state index in [4.69, 9.17) is 0 Å². The average molecular weight is 416 g/mol. The Hall–Kier alpha value is -1.79. The minimum Gasteiger partial charge on any atom is -0.355 e. The SMILES string of the molecule is CCn1c(=O)cc(SCC(=O)NCCCN2C(C)CCCC2C)c2ccccc21. The van der Waals surface area contributed by atoms with Crippen molar-refractivity contribution in [3.8, 4) is 0 Å². The van der Waals surface area contributed by atoms with Gasteiger partial charge in [-0.2, -0.15) is 0 Å². The molecule has 2 aromatic rings. The van der Waals surface area contributed by atoms with Crippen LogP contribution in [0.25, 0.3) is 10.9 Å². The third-order valence-electron chi connectivity index (χ3n) is 5.95. The first-order valence-electron chi connectivity index (χ1n) is 10.8. The highest BCUT2D eigenvalue weighted by Gasteiger charge is 2.23. The molecule has 1 N–H and O–H groups in total. The van der Waals surface area contributed by atoms with Crippen LogP contribution in [0.2, 0.25) is 0 Å². The summed E-state index contributed by atoms with van der Waals surface area (Å²) in [5.74, 6) is 0.356. The van der Waals surface area contributed by atoms with Gasteiger partial charge in [0.1, 0.15) is 0 Å². The summed E-state index contributed by atoms with van der Waals surface area (Å²) in [5, 5.41) is 4.07. The minimum absolute atomic E-state index is 0.0149. The van der Waals surface area contributed by atoms with Gasteiger partial charge in [-0.25, -0.2) is 0 Å². The van der Waals surface area contributed by atoms with Crippen LogP contribution in [0, 0.1) is 0 Å². The maximum absolute atomic E-state index is 12.4. The number of para-hydroxylation sites is 1. The number of aryl methyl sites for hydroxylation is 1. The van der Waals surface area contributed by atoms with Gasteiger partial charge in [0.25, 0.3) is 5.56 Å². The summed E-state index contributed by atoms with van der Waals surface area (Å²) in [6.07, 6.45) is 4.85. The number of likely N-dealkylation sites (tertiary alicyclic amines) is 1. The van der Waals surface area contributed by atoms with Crippen LogP contribution in [0.1, 0.15) is 46.5 Å². The fraction of sp³-hybridized carbons (Fsp3) is 0.565. The Balaban J connectivity index is 1.50. The van der Waals surface area contributed by atoms with Gasteiger partial charge in [0.15, 0.2) is 0 Å². The van der Waals surface area contributed by atoms with E-state index in [1.54, 1.807) is 10.6 Å². The van der Waals surface area contributed by atoms with Crippen LogP contribution in [0.5, 0.6) is 0 Å². The summed E-state index contributed by atoms with van der Waals surface area (Å²) in [6, 6.07) is 10.8. The fourth-order valence-electron chi connectivity index (χ4n) is 4.35. The molecule has 1 fully saturated rings. The molecule has 0 aliphatic carbocycles. The second kappa shape index (κ2) is 10.3. The van der Waals surface area contributed by atoms with Crippen molar-refractivity contribution in [2.45, 2.75) is 70.0 Å². The van der Waals surface area contributed by atoms with E-state index >= 15 is 0 Å². The van der Waals surface area contributed by atoms with Gasteiger partial charge in [-0.05, 0) is 46.1 Å². The minimum atomic E-state index is -0.0149. The van der Waals surface area contributed by atoms with Crippen molar-refractivity contribution >= 4 is 28.6 Å². The first-order valence-corrected chi connectivity index (χ1v) is 11.8. The van der Waals surface area contributed by atoms with Gasteiger partial charge in [-0.3, -0.25) is 14.5 Å². The molecule has 1 amide bonds. The summed E-state index contributed by atoms with van der Waals surface area (Å²) in [7, 11) is 0. The predicted octanol–water partition coefficient (Wildman–Crippen LogP) is 3.88. The summed E-state index contributed by atoms with van der Waals surface area (Å²) in [4.78, 5) is 28.1. The topological polar surface area (TPSA) is 54.3 Å². The number of carbonyl (C=O) groups is 1. The molecule has 2 atom stereocenters. The van der Waals surface area contributed by atoms with Crippen molar-refractivity contribution in [3.05, 3.63) is 40.7 Å². The summed E-state index contributed by atoms with van der Waals surface area (Å²) in [5.41, 5.74) is 0.911. The number of pyridine rings is 1. The number of hydrogen-bond acceptors (Lipinski definition) is 4. The molecule has 1 aromatic heterocycles. The zero-order valence-electron chi connectivity index (χ0n) is 17.8. The monoisotopic (exact) mass is 415 g/mol. The number of fused-ring (bicyclic) bond motifs is 1. The highest BCUT2D eigenvalue weighted by Crippen LogP contribution is 2.26. The number of thioether (sulfide) groups is 1. The third kappa shape index (κ3) is 5.43. The van der Waals surface area contributed by atoms with E-state index in [1.165, 1.54) is 31.0 Å². The van der Waals surface area contributed by atoms with Crippen molar-refractivity contribution in [1.29, 1.82) is 0 Å². The van der Waals surface area contributed by atoms with Crippen molar-refractivity contribution in [2.75, 3.05) is 18.8 Å². The molecule has 0 spiro atoms. The lowest BCUT2D eigenvalue weighted by molar-refractivity contribution is -0.118. The van der Waals surface area contributed by atoms with E-state index in [2.05, 4.69) is 24.1 Å². The standard InChI is InChI=1S/C23H33N3O2S/c1-4-25-20-12-6-5-11-19(20)21(15-23(25)28)29-16-22(27)24-13-8-14-26-17(2)9-7-10-18(26)3/h5-6,11-12,15,17-18H,4,7-10,13-14,16H2,1-3H3,(H,24,27). The molecule has 0 saturated carbocycles. The Morgan fingerprint density at radius 3 is 2.66 bits per heavy atom. The first-order chi connectivity index (χ1) is 14.0. The molecule has 6 heteroatoms. The average Bonchev–Trinajstić information content (AvgIpc) is 2.71. The fourth-order valence-corrected chi connectivity index (χ4v) is 5.25. The second-order valence-corrected chi connectivity index (χ2v) is 8.98. The molecule has 29 heavy (non-hydrogen) atoms. The smallest absolute Gasteiger partial charge is 0.252 e. The van der Waals surface area contributed by atoms with Gasteiger partial charge in [0.2, 0.25) is 5.91 Å². The van der Waals surface area contributed by atoms with Crippen molar-refractivity contribution in [3.63, 3.8) is 0 Å². The highest BCUT2D eigenvalue weighted by molar-refractivity contribution is 8.00. The molecule has 5 nitrogen and oxygen atoms in total. The largest absolute Gasteiger partial charge is 0.355 e. The number of piperidine rings is 1. The molecule has 2 heterocycles. The number of benzene rings is 1. The van der Waals surface area contributed by atoms with Crippen LogP contribution in [0.15, 0.2) is 40.0 Å². The molecule has 0 bridgehead atoms. The molecule has 1 saturated heterocycles. The molecule has 1 aromatic carbocycles. The van der Waals surface area contributed by atoms with E-state index < -0.39 is 0 Å². The van der Waals surface area contributed by atoms with Crippen LogP contribution in [-0.4, -0.2) is 46.3 Å². The normalized spacial score (nSPS) is 20.1. The summed E-state index contributed by atoms with van der Waals surface area (Å²) >= 11 is 1.44. The van der Waals surface area contributed by atoms with Crippen LogP contribution in [-0.2, 0) is 11.3 Å². The number of aromatic nitrogens is 1. The molecule has 1 aliphatic heterocycles. The predicted molar refractivity (Wildman–Crippen MR) is 122 cm³/mol. The quantitative estimate of drug-likeness (QED) is 0.525. The van der Waals surface area contributed by atoms with Crippen molar-refractivity contribution < 1.29 is 4.79 Å². The maximum Gasteiger partial charge on any atom is 0.252 e. The van der Waals surface area contributed by atoms with E-state index in [0.717, 1.165) is 28.8 Å². The number of nitrogens with one attached hydrogen (secondary N) is 1. The number of nitrogens with zero attached hydrogens (tertiary/aromatic N) is 2. The molecule has 0 radical (unpaired) electrons. The summed E-state index contributed by atoms with van der Waals surface area (Å²) in [6.45, 7) is 8.96. The molecular formula is C23H33N3O2S. The lowest BCUT2D eigenvalue weighted by Crippen LogP contribution is -2.44. The van der Waals surface area contributed by atoms with Crippen LogP contribution < -0.4 is 10.9 Å². The van der Waals surface area contributed by atoms with E-state index in [9.17, 15) is 9.59 Å². The van der Waals surface area contributed by atoms with Gasteiger partial charge in [0, 0.05) is 48.1 Å².